The van der Waals surface area contributed by atoms with Gasteiger partial charge in [0.05, 0.1) is 20.4 Å². The summed E-state index contributed by atoms with van der Waals surface area (Å²) in [5.41, 5.74) is 9.88. The van der Waals surface area contributed by atoms with Crippen LogP contribution in [0.25, 0.3) is 20.4 Å². The van der Waals surface area contributed by atoms with Gasteiger partial charge in [0.1, 0.15) is 0 Å². The highest BCUT2D eigenvalue weighted by Crippen LogP contribution is 2.30. The summed E-state index contributed by atoms with van der Waals surface area (Å²) in [7, 11) is 0. The van der Waals surface area contributed by atoms with Crippen molar-refractivity contribution in [2.75, 3.05) is 21.7 Å². The van der Waals surface area contributed by atoms with E-state index in [1.807, 2.05) is 12.1 Å². The molecule has 0 aliphatic carbocycles. The fraction of sp³-hybridized carbons (Fsp3) is 0.393. The van der Waals surface area contributed by atoms with Gasteiger partial charge in [-0.2, -0.15) is 19.2 Å². The lowest BCUT2D eigenvalue weighted by Gasteiger charge is -2.25. The van der Waals surface area contributed by atoms with E-state index in [4.69, 9.17) is 24.9 Å². The number of rotatable bonds is 7. The Hall–Kier alpha value is -4.15. The predicted octanol–water partition coefficient (Wildman–Crippen LogP) is 6.17. The average molecular weight is 601 g/mol. The Kier molecular flexibility index (Phi) is 13.8. The standard InChI is InChI=1S/C14H19N3OS.C12H17N3S.2CO2/c1-5-14(3,4)17-10-6-7-12-11(8-10)16-13(19-12)15-9(2)18;1-4-12(2,3)15-8-5-6-10-9(7-8)14-11(13)16-10;2*2-1-3/h6-8,17H,5H2,1-4H3,(H,15,16,18);5-7,15H,4H2,1-3H3,(H2,13,14);;. The van der Waals surface area contributed by atoms with Crippen LogP contribution in [-0.2, 0) is 24.0 Å². The quantitative estimate of drug-likeness (QED) is 0.192. The van der Waals surface area contributed by atoms with E-state index in [-0.39, 0.29) is 29.3 Å². The Labute approximate surface area is 246 Å². The van der Waals surface area contributed by atoms with Gasteiger partial charge < -0.3 is 21.7 Å². The van der Waals surface area contributed by atoms with Crippen LogP contribution in [-0.4, -0.2) is 39.3 Å². The number of hydrogen-bond acceptors (Lipinski definition) is 12. The van der Waals surface area contributed by atoms with Crippen LogP contribution in [0.3, 0.4) is 0 Å². The first-order valence-corrected chi connectivity index (χ1v) is 14.3. The zero-order chi connectivity index (χ0) is 31.2. The van der Waals surface area contributed by atoms with Crippen LogP contribution >= 0.6 is 22.7 Å². The van der Waals surface area contributed by atoms with Gasteiger partial charge in [-0.3, -0.25) is 4.79 Å². The van der Waals surface area contributed by atoms with Gasteiger partial charge in [0.25, 0.3) is 0 Å². The lowest BCUT2D eigenvalue weighted by Crippen LogP contribution is -2.29. The molecule has 0 bridgehead atoms. The van der Waals surface area contributed by atoms with Gasteiger partial charge in [-0.05, 0) is 76.9 Å². The molecule has 2 aromatic carbocycles. The number of fused-ring (bicyclic) bond motifs is 2. The molecule has 0 spiro atoms. The number of thiazole rings is 2. The number of nitrogens with zero attached hydrogens (tertiary/aromatic N) is 2. The lowest BCUT2D eigenvalue weighted by atomic mass is 10.0. The van der Waals surface area contributed by atoms with Gasteiger partial charge in [-0.25, -0.2) is 9.97 Å². The molecule has 0 unspecified atom stereocenters. The van der Waals surface area contributed by atoms with Crippen molar-refractivity contribution in [1.82, 2.24) is 9.97 Å². The number of hydrogen-bond donors (Lipinski definition) is 4. The maximum atomic E-state index is 11.0. The molecule has 41 heavy (non-hydrogen) atoms. The fourth-order valence-electron chi connectivity index (χ4n) is 3.19. The van der Waals surface area contributed by atoms with Crippen LogP contribution in [0.4, 0.5) is 21.6 Å². The number of nitrogens with two attached hydrogens (primary N) is 1. The summed E-state index contributed by atoms with van der Waals surface area (Å²) in [6.45, 7) is 14.5. The minimum absolute atomic E-state index is 0.0597. The molecule has 4 aromatic rings. The van der Waals surface area contributed by atoms with Crippen LogP contribution in [0.1, 0.15) is 61.3 Å². The number of carbonyl (C=O) groups is 1. The maximum absolute atomic E-state index is 11.0. The number of benzene rings is 2. The Morgan fingerprint density at radius 2 is 1.22 bits per heavy atom. The summed E-state index contributed by atoms with van der Waals surface area (Å²) >= 11 is 3.01. The molecule has 11 nitrogen and oxygen atoms in total. The number of nitrogen functional groups attached to an aromatic ring is 1. The van der Waals surface area contributed by atoms with Gasteiger partial charge in [0, 0.05) is 29.4 Å². The lowest BCUT2D eigenvalue weighted by molar-refractivity contribution is -0.193. The zero-order valence-corrected chi connectivity index (χ0v) is 25.8. The second kappa shape index (κ2) is 16.2. The Morgan fingerprint density at radius 1 is 0.805 bits per heavy atom. The first-order valence-electron chi connectivity index (χ1n) is 12.6. The summed E-state index contributed by atoms with van der Waals surface area (Å²) in [6.07, 6.45) is 2.61. The summed E-state index contributed by atoms with van der Waals surface area (Å²) in [5, 5.41) is 11.0. The van der Waals surface area contributed by atoms with Crippen molar-refractivity contribution in [2.45, 2.75) is 72.4 Å². The van der Waals surface area contributed by atoms with Crippen LogP contribution in [0.15, 0.2) is 36.4 Å². The molecule has 0 aliphatic heterocycles. The van der Waals surface area contributed by atoms with Crippen LogP contribution < -0.4 is 21.7 Å². The monoisotopic (exact) mass is 600 g/mol. The Balaban J connectivity index is 0.000000347. The number of nitrogens with one attached hydrogen (secondary N) is 3. The van der Waals surface area contributed by atoms with Gasteiger partial charge in [0.15, 0.2) is 10.3 Å². The second-order valence-electron chi connectivity index (χ2n) is 10.0. The molecule has 13 heteroatoms. The molecule has 0 saturated heterocycles. The van der Waals surface area contributed by atoms with E-state index in [2.05, 4.69) is 91.7 Å². The number of amides is 1. The largest absolute Gasteiger partial charge is 0.380 e. The molecule has 4 rings (SSSR count). The average Bonchev–Trinajstić information content (AvgIpc) is 3.45. The number of aromatic nitrogens is 2. The summed E-state index contributed by atoms with van der Waals surface area (Å²) in [6, 6.07) is 12.3. The molecule has 2 aromatic heterocycles. The van der Waals surface area contributed by atoms with Gasteiger partial charge in [-0.1, -0.05) is 36.5 Å². The van der Waals surface area contributed by atoms with Crippen molar-refractivity contribution in [3.05, 3.63) is 36.4 Å². The van der Waals surface area contributed by atoms with Crippen molar-refractivity contribution >= 4 is 83.0 Å². The van der Waals surface area contributed by atoms with Crippen molar-refractivity contribution in [1.29, 1.82) is 0 Å². The van der Waals surface area contributed by atoms with Gasteiger partial charge in [0.2, 0.25) is 5.91 Å². The van der Waals surface area contributed by atoms with Crippen molar-refractivity contribution < 1.29 is 24.0 Å². The molecule has 0 aliphatic rings. The van der Waals surface area contributed by atoms with Crippen LogP contribution in [0, 0.1) is 0 Å². The first-order chi connectivity index (χ1) is 19.2. The van der Waals surface area contributed by atoms with Crippen LogP contribution in [0.2, 0.25) is 0 Å². The second-order valence-corrected chi connectivity index (χ2v) is 12.1. The third kappa shape index (κ3) is 12.3. The molecule has 0 radical (unpaired) electrons. The van der Waals surface area contributed by atoms with E-state index in [9.17, 15) is 4.79 Å². The van der Waals surface area contributed by atoms with Gasteiger partial charge in [-0.15, -0.1) is 0 Å². The summed E-state index contributed by atoms with van der Waals surface area (Å²) in [5.74, 6) is -0.0930. The van der Waals surface area contributed by atoms with Crippen molar-refractivity contribution in [2.24, 2.45) is 0 Å². The van der Waals surface area contributed by atoms with Gasteiger partial charge >= 0.3 is 12.3 Å². The van der Waals surface area contributed by atoms with E-state index in [0.717, 1.165) is 44.6 Å². The Morgan fingerprint density at radius 3 is 1.63 bits per heavy atom. The molecule has 1 amide bonds. The smallest absolute Gasteiger partial charge is 0.373 e. The van der Waals surface area contributed by atoms with E-state index in [1.165, 1.54) is 29.6 Å². The highest BCUT2D eigenvalue weighted by atomic mass is 32.1. The topological polar surface area (TPSA) is 173 Å². The molecule has 0 saturated carbocycles. The highest BCUT2D eigenvalue weighted by molar-refractivity contribution is 7.22. The molecular formula is C28H36N6O5S2. The first kappa shape index (κ1) is 34.9. The van der Waals surface area contributed by atoms with E-state index < -0.39 is 0 Å². The molecule has 5 N–H and O–H groups in total. The normalized spacial score (nSPS) is 10.4. The van der Waals surface area contributed by atoms with E-state index >= 15 is 0 Å². The fourth-order valence-corrected chi connectivity index (χ4v) is 4.80. The minimum Gasteiger partial charge on any atom is -0.380 e. The maximum Gasteiger partial charge on any atom is 0.373 e. The number of carbonyl (C=O) groups excluding carboxylic acids is 5. The molecular weight excluding hydrogens is 564 g/mol. The van der Waals surface area contributed by atoms with Crippen molar-refractivity contribution in [3.8, 4) is 0 Å². The Bertz CT molecular complexity index is 1490. The molecule has 2 heterocycles. The highest BCUT2D eigenvalue weighted by Gasteiger charge is 2.16. The molecule has 0 atom stereocenters. The summed E-state index contributed by atoms with van der Waals surface area (Å²) in [4.78, 5) is 52.2. The SMILES string of the molecule is CCC(C)(C)Nc1ccc2sc(N)nc2c1.CCC(C)(C)Nc1ccc2sc(NC(C)=O)nc2c1.O=C=O.O=C=O. The third-order valence-corrected chi connectivity index (χ3v) is 7.63. The summed E-state index contributed by atoms with van der Waals surface area (Å²) < 4.78 is 2.21. The van der Waals surface area contributed by atoms with E-state index in [0.29, 0.717) is 10.3 Å². The minimum atomic E-state index is -0.0930. The predicted molar refractivity (Wildman–Crippen MR) is 164 cm³/mol. The molecule has 0 fully saturated rings. The third-order valence-electron chi connectivity index (χ3n) is 5.81. The van der Waals surface area contributed by atoms with Crippen molar-refractivity contribution in [3.63, 3.8) is 0 Å². The molecule has 220 valence electrons. The van der Waals surface area contributed by atoms with E-state index in [1.54, 1.807) is 0 Å². The number of anilines is 4. The zero-order valence-electron chi connectivity index (χ0n) is 24.2. The van der Waals surface area contributed by atoms with Crippen LogP contribution in [0.5, 0.6) is 0 Å².